The molecule has 1 spiro atoms. The minimum absolute atomic E-state index is 0.0401. The highest BCUT2D eigenvalue weighted by atomic mass is 16.6. The summed E-state index contributed by atoms with van der Waals surface area (Å²) in [4.78, 5) is 12.0. The van der Waals surface area contributed by atoms with Crippen molar-refractivity contribution in [1.82, 2.24) is 0 Å². The summed E-state index contributed by atoms with van der Waals surface area (Å²) < 4.78 is 6.55. The summed E-state index contributed by atoms with van der Waals surface area (Å²) in [7, 11) is 0. The topological polar surface area (TPSA) is 70.1 Å². The van der Waals surface area contributed by atoms with Crippen molar-refractivity contribution in [1.29, 1.82) is 0 Å². The van der Waals surface area contributed by atoms with Crippen molar-refractivity contribution in [3.63, 3.8) is 0 Å². The molecule has 3 unspecified atom stereocenters. The molecule has 0 aromatic heterocycles. The van der Waals surface area contributed by atoms with E-state index in [-0.39, 0.29) is 34.9 Å². The van der Waals surface area contributed by atoms with Crippen LogP contribution < -0.4 is 0 Å². The van der Waals surface area contributed by atoms with Gasteiger partial charge in [-0.1, -0.05) is 19.9 Å². The fourth-order valence-electron chi connectivity index (χ4n) is 7.96. The van der Waals surface area contributed by atoms with Gasteiger partial charge in [0.2, 0.25) is 0 Å². The number of aliphatic hydroxyl groups excluding tert-OH is 1. The third-order valence-corrected chi connectivity index (χ3v) is 9.48. The van der Waals surface area contributed by atoms with Crippen molar-refractivity contribution in [3.8, 4) is 0 Å². The minimum atomic E-state index is -0.672. The van der Waals surface area contributed by atoms with Crippen molar-refractivity contribution in [2.75, 3.05) is 6.61 Å². The number of ether oxygens (including phenoxy) is 1. The highest BCUT2D eigenvalue weighted by molar-refractivity contribution is 5.91. The van der Waals surface area contributed by atoms with Gasteiger partial charge in [-0.05, 0) is 68.8 Å². The molecule has 5 rings (SSSR count). The predicted molar refractivity (Wildman–Crippen MR) is 97.4 cm³/mol. The van der Waals surface area contributed by atoms with Gasteiger partial charge in [0, 0.05) is 23.9 Å². The second-order valence-electron chi connectivity index (χ2n) is 10.2. The number of carbonyl (C=O) groups excluding carboxylic acids is 1. The Morgan fingerprint density at radius 2 is 2.04 bits per heavy atom. The number of aliphatic hydroxyl groups is 2. The van der Waals surface area contributed by atoms with Crippen LogP contribution in [0.2, 0.25) is 0 Å². The van der Waals surface area contributed by atoms with Gasteiger partial charge in [-0.3, -0.25) is 4.79 Å². The zero-order chi connectivity index (χ0) is 18.4. The molecule has 4 heteroatoms. The smallest absolute Gasteiger partial charge is 0.155 e. The molecule has 0 aromatic rings. The van der Waals surface area contributed by atoms with Gasteiger partial charge in [0.25, 0.3) is 0 Å². The third-order valence-electron chi connectivity index (χ3n) is 9.48. The van der Waals surface area contributed by atoms with Gasteiger partial charge in [-0.25, -0.2) is 0 Å². The number of hydrogen-bond donors (Lipinski definition) is 2. The standard InChI is InChI=1S/C22H32O4/c1-19-9-6-15(24)12-14(19)4-5-17-16-7-10-21(25,8-3-11-23)20(16,2)13-18-22(17,19)26-18/h6,9,14,16-18,23,25H,3-5,7-8,10-13H2,1-2H3/t14?,16-,17-,18?,19-,20-,21?,22+/m0/s1. The summed E-state index contributed by atoms with van der Waals surface area (Å²) in [5, 5.41) is 20.8. The third kappa shape index (κ3) is 1.84. The van der Waals surface area contributed by atoms with Gasteiger partial charge in [0.05, 0.1) is 11.7 Å². The van der Waals surface area contributed by atoms with Crippen molar-refractivity contribution < 1.29 is 19.7 Å². The molecule has 1 aliphatic heterocycles. The van der Waals surface area contributed by atoms with Gasteiger partial charge in [-0.2, -0.15) is 0 Å². The Labute approximate surface area is 156 Å². The van der Waals surface area contributed by atoms with E-state index < -0.39 is 5.60 Å². The van der Waals surface area contributed by atoms with E-state index in [1.807, 2.05) is 0 Å². The lowest BCUT2D eigenvalue weighted by Gasteiger charge is -2.57. The van der Waals surface area contributed by atoms with E-state index in [4.69, 9.17) is 4.74 Å². The lowest BCUT2D eigenvalue weighted by molar-refractivity contribution is -0.131. The van der Waals surface area contributed by atoms with Crippen LogP contribution in [0.4, 0.5) is 0 Å². The van der Waals surface area contributed by atoms with Crippen molar-refractivity contribution in [2.24, 2.45) is 28.6 Å². The second-order valence-corrected chi connectivity index (χ2v) is 10.2. The van der Waals surface area contributed by atoms with Crippen LogP contribution >= 0.6 is 0 Å². The van der Waals surface area contributed by atoms with E-state index in [0.29, 0.717) is 37.0 Å². The monoisotopic (exact) mass is 360 g/mol. The van der Waals surface area contributed by atoms with Crippen LogP contribution in [0, 0.1) is 28.6 Å². The lowest BCUT2D eigenvalue weighted by Crippen LogP contribution is -2.61. The van der Waals surface area contributed by atoms with Crippen LogP contribution in [0.5, 0.6) is 0 Å². The molecule has 0 radical (unpaired) electrons. The molecule has 2 N–H and O–H groups in total. The van der Waals surface area contributed by atoms with Crippen molar-refractivity contribution >= 4 is 5.78 Å². The summed E-state index contributed by atoms with van der Waals surface area (Å²) >= 11 is 0. The Hall–Kier alpha value is -0.710. The van der Waals surface area contributed by atoms with E-state index in [1.165, 1.54) is 0 Å². The number of allylic oxidation sites excluding steroid dienone is 1. The molecule has 3 saturated carbocycles. The molecule has 4 nitrogen and oxygen atoms in total. The molecule has 144 valence electrons. The average Bonchev–Trinajstić information content (AvgIpc) is 3.26. The van der Waals surface area contributed by atoms with Gasteiger partial charge in [0.1, 0.15) is 5.60 Å². The summed E-state index contributed by atoms with van der Waals surface area (Å²) in [6, 6.07) is 0. The maximum Gasteiger partial charge on any atom is 0.155 e. The van der Waals surface area contributed by atoms with Crippen LogP contribution in [0.15, 0.2) is 12.2 Å². The number of carbonyl (C=O) groups is 1. The Morgan fingerprint density at radius 3 is 2.81 bits per heavy atom. The maximum absolute atomic E-state index is 12.0. The molecule has 1 saturated heterocycles. The zero-order valence-corrected chi connectivity index (χ0v) is 16.0. The molecule has 0 aromatic carbocycles. The Bertz CT molecular complexity index is 673. The largest absolute Gasteiger partial charge is 0.396 e. The Morgan fingerprint density at radius 1 is 1.23 bits per heavy atom. The molecule has 0 amide bonds. The summed E-state index contributed by atoms with van der Waals surface area (Å²) in [5.41, 5.74) is -0.940. The fourth-order valence-corrected chi connectivity index (χ4v) is 7.96. The first-order chi connectivity index (χ1) is 12.3. The van der Waals surface area contributed by atoms with Crippen molar-refractivity contribution in [2.45, 2.75) is 82.5 Å². The van der Waals surface area contributed by atoms with Crippen LogP contribution in [-0.2, 0) is 9.53 Å². The number of fused-ring (bicyclic) bond motifs is 3. The summed E-state index contributed by atoms with van der Waals surface area (Å²) in [6.07, 6.45) is 11.2. The quantitative estimate of drug-likeness (QED) is 0.759. The Balaban J connectivity index is 1.51. The first-order valence-electron chi connectivity index (χ1n) is 10.5. The van der Waals surface area contributed by atoms with Gasteiger partial charge in [-0.15, -0.1) is 0 Å². The molecular formula is C22H32O4. The van der Waals surface area contributed by atoms with Crippen molar-refractivity contribution in [3.05, 3.63) is 12.2 Å². The fraction of sp³-hybridized carbons (Fsp3) is 0.864. The summed E-state index contributed by atoms with van der Waals surface area (Å²) in [5.74, 6) is 1.63. The number of hydrogen-bond acceptors (Lipinski definition) is 4. The van der Waals surface area contributed by atoms with E-state index in [0.717, 1.165) is 32.1 Å². The van der Waals surface area contributed by atoms with Gasteiger partial charge < -0.3 is 14.9 Å². The first kappa shape index (κ1) is 17.4. The Kier molecular flexibility index (Phi) is 3.48. The molecule has 4 fully saturated rings. The first-order valence-corrected chi connectivity index (χ1v) is 10.5. The summed E-state index contributed by atoms with van der Waals surface area (Å²) in [6.45, 7) is 4.75. The van der Waals surface area contributed by atoms with E-state index in [2.05, 4.69) is 19.9 Å². The molecule has 8 atom stereocenters. The van der Waals surface area contributed by atoms with Crippen LogP contribution in [0.3, 0.4) is 0 Å². The molecule has 26 heavy (non-hydrogen) atoms. The van der Waals surface area contributed by atoms with Crippen LogP contribution in [0.25, 0.3) is 0 Å². The molecule has 4 aliphatic carbocycles. The van der Waals surface area contributed by atoms with Gasteiger partial charge in [0.15, 0.2) is 5.78 Å². The molecule has 0 bridgehead atoms. The van der Waals surface area contributed by atoms with E-state index in [9.17, 15) is 15.0 Å². The second kappa shape index (κ2) is 5.21. The SMILES string of the molecule is C[C@]12CC3O[C@]34[C@@H](CCC3CC(=O)C=C[C@@]34C)[C@@H]1CCC2(O)CCCO. The average molecular weight is 360 g/mol. The maximum atomic E-state index is 12.0. The van der Waals surface area contributed by atoms with Crippen LogP contribution in [-0.4, -0.2) is 39.9 Å². The van der Waals surface area contributed by atoms with E-state index >= 15 is 0 Å². The zero-order valence-electron chi connectivity index (χ0n) is 16.0. The number of rotatable bonds is 3. The lowest BCUT2D eigenvalue weighted by atomic mass is 9.45. The normalized spacial score (nSPS) is 57.2. The molecule has 5 aliphatic rings. The van der Waals surface area contributed by atoms with E-state index in [1.54, 1.807) is 6.08 Å². The predicted octanol–water partition coefficient (Wildman–Crippen LogP) is 3.01. The number of ketones is 1. The van der Waals surface area contributed by atoms with Crippen LogP contribution in [0.1, 0.15) is 65.2 Å². The molecule has 1 heterocycles. The molecular weight excluding hydrogens is 328 g/mol. The van der Waals surface area contributed by atoms with Gasteiger partial charge >= 0.3 is 0 Å². The number of epoxide rings is 1. The highest BCUT2D eigenvalue weighted by Crippen LogP contribution is 2.76. The highest BCUT2D eigenvalue weighted by Gasteiger charge is 2.80. The minimum Gasteiger partial charge on any atom is -0.396 e.